The van der Waals surface area contributed by atoms with E-state index in [-0.39, 0.29) is 23.9 Å². The van der Waals surface area contributed by atoms with Gasteiger partial charge in [-0.25, -0.2) is 4.79 Å². The van der Waals surface area contributed by atoms with Crippen molar-refractivity contribution in [3.63, 3.8) is 0 Å². The molecule has 5 heteroatoms. The molecule has 1 aliphatic heterocycles. The van der Waals surface area contributed by atoms with Gasteiger partial charge in [-0.3, -0.25) is 4.79 Å². The van der Waals surface area contributed by atoms with Gasteiger partial charge in [0.1, 0.15) is 0 Å². The monoisotopic (exact) mass is 242 g/mol. The third kappa shape index (κ3) is 3.35. The molecule has 0 bridgehead atoms. The van der Waals surface area contributed by atoms with E-state index in [0.717, 1.165) is 12.8 Å². The highest BCUT2D eigenvalue weighted by molar-refractivity contribution is 5.76. The topological polar surface area (TPSA) is 69.6 Å². The number of carboxylic acid groups (broad SMARTS) is 1. The van der Waals surface area contributed by atoms with Gasteiger partial charge < -0.3 is 15.3 Å². The molecule has 1 heterocycles. The summed E-state index contributed by atoms with van der Waals surface area (Å²) in [6.45, 7) is 6.89. The summed E-state index contributed by atoms with van der Waals surface area (Å²) in [7, 11) is 0. The fraction of sp³-hybridized carbons (Fsp3) is 0.833. The molecule has 5 nitrogen and oxygen atoms in total. The third-order valence-corrected chi connectivity index (χ3v) is 3.61. The van der Waals surface area contributed by atoms with Crippen molar-refractivity contribution in [2.75, 3.05) is 13.1 Å². The molecule has 2 amide bonds. The smallest absolute Gasteiger partial charge is 0.317 e. The normalized spacial score (nSPS) is 17.8. The van der Waals surface area contributed by atoms with Crippen molar-refractivity contribution in [1.82, 2.24) is 10.2 Å². The molecule has 0 aromatic heterocycles. The number of aliphatic carboxylic acids is 1. The Morgan fingerprint density at radius 1 is 1.35 bits per heavy atom. The zero-order valence-electron chi connectivity index (χ0n) is 10.8. The molecule has 17 heavy (non-hydrogen) atoms. The van der Waals surface area contributed by atoms with E-state index < -0.39 is 5.97 Å². The van der Waals surface area contributed by atoms with E-state index in [1.165, 1.54) is 0 Å². The van der Waals surface area contributed by atoms with Crippen molar-refractivity contribution in [2.45, 2.75) is 39.7 Å². The number of rotatable bonds is 5. The number of amides is 2. The molecule has 1 rings (SSSR count). The molecule has 1 atom stereocenters. The number of hydrogen-bond acceptors (Lipinski definition) is 2. The molecular formula is C12H22N2O3. The van der Waals surface area contributed by atoms with E-state index in [9.17, 15) is 9.59 Å². The van der Waals surface area contributed by atoms with Crippen LogP contribution in [-0.2, 0) is 4.79 Å². The highest BCUT2D eigenvalue weighted by Gasteiger charge is 2.37. The first-order chi connectivity index (χ1) is 7.99. The van der Waals surface area contributed by atoms with Crippen LogP contribution in [0.4, 0.5) is 4.79 Å². The van der Waals surface area contributed by atoms with Gasteiger partial charge in [0.15, 0.2) is 0 Å². The first-order valence-electron chi connectivity index (χ1n) is 6.27. The minimum absolute atomic E-state index is 0.0625. The number of urea groups is 1. The Labute approximate surface area is 102 Å². The second-order valence-corrected chi connectivity index (χ2v) is 4.75. The number of hydrogen-bond donors (Lipinski definition) is 2. The molecule has 0 saturated carbocycles. The van der Waals surface area contributed by atoms with E-state index in [1.54, 1.807) is 11.8 Å². The third-order valence-electron chi connectivity index (χ3n) is 3.61. The minimum atomic E-state index is -0.782. The molecule has 98 valence electrons. The maximum atomic E-state index is 11.8. The second kappa shape index (κ2) is 5.89. The summed E-state index contributed by atoms with van der Waals surface area (Å²) in [6, 6.07) is 0.158. The predicted molar refractivity (Wildman–Crippen MR) is 64.8 cm³/mol. The van der Waals surface area contributed by atoms with Crippen molar-refractivity contribution in [1.29, 1.82) is 0 Å². The van der Waals surface area contributed by atoms with Crippen molar-refractivity contribution in [3.8, 4) is 0 Å². The van der Waals surface area contributed by atoms with E-state index in [2.05, 4.69) is 5.32 Å². The van der Waals surface area contributed by atoms with Crippen molar-refractivity contribution in [3.05, 3.63) is 0 Å². The number of nitrogens with one attached hydrogen (secondary N) is 1. The average molecular weight is 242 g/mol. The van der Waals surface area contributed by atoms with Gasteiger partial charge in [-0.15, -0.1) is 0 Å². The summed E-state index contributed by atoms with van der Waals surface area (Å²) in [6.07, 6.45) is 1.84. The number of carboxylic acids is 1. The molecule has 0 aliphatic carbocycles. The standard InChI is InChI=1S/C12H22N2O3/c1-4-10(5-2)13-12(17)14-6-9(7-14)8(3)11(15)16/h8-10H,4-7H2,1-3H3,(H,13,17)(H,15,16). The summed E-state index contributed by atoms with van der Waals surface area (Å²) in [5.41, 5.74) is 0. The van der Waals surface area contributed by atoms with Crippen LogP contribution >= 0.6 is 0 Å². The van der Waals surface area contributed by atoms with Gasteiger partial charge in [0.05, 0.1) is 5.92 Å². The van der Waals surface area contributed by atoms with Crippen LogP contribution in [0.1, 0.15) is 33.6 Å². The molecule has 2 N–H and O–H groups in total. The highest BCUT2D eigenvalue weighted by Crippen LogP contribution is 2.24. The Hall–Kier alpha value is -1.26. The van der Waals surface area contributed by atoms with Gasteiger partial charge in [-0.05, 0) is 12.8 Å². The van der Waals surface area contributed by atoms with Crippen LogP contribution < -0.4 is 5.32 Å². The van der Waals surface area contributed by atoms with Crippen molar-refractivity contribution < 1.29 is 14.7 Å². The van der Waals surface area contributed by atoms with Gasteiger partial charge in [0.2, 0.25) is 0 Å². The zero-order valence-corrected chi connectivity index (χ0v) is 10.8. The van der Waals surface area contributed by atoms with Crippen LogP contribution in [0.3, 0.4) is 0 Å². The van der Waals surface area contributed by atoms with Gasteiger partial charge in [0, 0.05) is 25.0 Å². The molecule has 0 radical (unpaired) electrons. The lowest BCUT2D eigenvalue weighted by Gasteiger charge is -2.41. The SMILES string of the molecule is CCC(CC)NC(=O)N1CC(C(C)C(=O)O)C1. The number of carbonyl (C=O) groups excluding carboxylic acids is 1. The lowest BCUT2D eigenvalue weighted by atomic mass is 9.87. The minimum Gasteiger partial charge on any atom is -0.481 e. The molecule has 1 saturated heterocycles. The first-order valence-corrected chi connectivity index (χ1v) is 6.27. The molecule has 1 fully saturated rings. The fourth-order valence-electron chi connectivity index (χ4n) is 1.96. The molecule has 0 aromatic carbocycles. The second-order valence-electron chi connectivity index (χ2n) is 4.75. The van der Waals surface area contributed by atoms with Gasteiger partial charge in [-0.1, -0.05) is 20.8 Å². The van der Waals surface area contributed by atoms with Gasteiger partial charge >= 0.3 is 12.0 Å². The van der Waals surface area contributed by atoms with Gasteiger partial charge in [0.25, 0.3) is 0 Å². The number of carbonyl (C=O) groups is 2. The van der Waals surface area contributed by atoms with Crippen LogP contribution in [0.15, 0.2) is 0 Å². The van der Waals surface area contributed by atoms with E-state index in [4.69, 9.17) is 5.11 Å². The fourth-order valence-corrected chi connectivity index (χ4v) is 1.96. The Balaban J connectivity index is 2.32. The summed E-state index contributed by atoms with van der Waals surface area (Å²) >= 11 is 0. The summed E-state index contributed by atoms with van der Waals surface area (Å²) in [5.74, 6) is -1.05. The molecular weight excluding hydrogens is 220 g/mol. The Kier molecular flexibility index (Phi) is 4.78. The Morgan fingerprint density at radius 2 is 1.88 bits per heavy atom. The molecule has 0 aromatic rings. The van der Waals surface area contributed by atoms with Crippen molar-refractivity contribution >= 4 is 12.0 Å². The Bertz CT molecular complexity index is 283. The summed E-state index contributed by atoms with van der Waals surface area (Å²) in [4.78, 5) is 24.2. The molecule has 1 unspecified atom stereocenters. The predicted octanol–water partition coefficient (Wildman–Crippen LogP) is 1.54. The quantitative estimate of drug-likeness (QED) is 0.768. The van der Waals surface area contributed by atoms with E-state index >= 15 is 0 Å². The van der Waals surface area contributed by atoms with Crippen LogP contribution in [0.25, 0.3) is 0 Å². The van der Waals surface area contributed by atoms with E-state index in [0.29, 0.717) is 13.1 Å². The van der Waals surface area contributed by atoms with Crippen molar-refractivity contribution in [2.24, 2.45) is 11.8 Å². The average Bonchev–Trinajstić information content (AvgIpc) is 2.23. The number of nitrogens with zero attached hydrogens (tertiary/aromatic N) is 1. The maximum absolute atomic E-state index is 11.8. The lowest BCUT2D eigenvalue weighted by Crippen LogP contribution is -2.57. The maximum Gasteiger partial charge on any atom is 0.317 e. The Morgan fingerprint density at radius 3 is 2.29 bits per heavy atom. The molecule has 1 aliphatic rings. The number of likely N-dealkylation sites (tertiary alicyclic amines) is 1. The summed E-state index contributed by atoms with van der Waals surface area (Å²) < 4.78 is 0. The van der Waals surface area contributed by atoms with Gasteiger partial charge in [-0.2, -0.15) is 0 Å². The van der Waals surface area contributed by atoms with Crippen LogP contribution in [0.5, 0.6) is 0 Å². The largest absolute Gasteiger partial charge is 0.481 e. The zero-order chi connectivity index (χ0) is 13.0. The summed E-state index contributed by atoms with van der Waals surface area (Å²) in [5, 5.41) is 11.8. The lowest BCUT2D eigenvalue weighted by molar-refractivity contribution is -0.144. The van der Waals surface area contributed by atoms with E-state index in [1.807, 2.05) is 13.8 Å². The van der Waals surface area contributed by atoms with Crippen LogP contribution in [0.2, 0.25) is 0 Å². The first kappa shape index (κ1) is 13.8. The molecule has 0 spiro atoms. The van der Waals surface area contributed by atoms with Crippen LogP contribution in [-0.4, -0.2) is 41.1 Å². The van der Waals surface area contributed by atoms with Crippen LogP contribution in [0, 0.1) is 11.8 Å². The highest BCUT2D eigenvalue weighted by atomic mass is 16.4.